The molecule has 0 unspecified atom stereocenters. The summed E-state index contributed by atoms with van der Waals surface area (Å²) in [5, 5.41) is 5.66. The molecule has 0 spiro atoms. The standard InChI is InChI=1S/C23H22N2O4/c1-29-17-9-7-14(8-10-17)15-11-19-22(20(26)12-15)18(13-21(27)25-19)23(28)24-16-5-3-2-4-6-16/h2-10,15,18H,11-13H2,1H3,(H,24,28)(H,25,27)/t15-,18+/m1/s1. The number of methoxy groups -OCH3 is 1. The predicted octanol–water partition coefficient (Wildman–Crippen LogP) is 3.17. The minimum atomic E-state index is -0.761. The first-order valence-corrected chi connectivity index (χ1v) is 9.61. The number of carbonyl (C=O) groups is 3. The number of Topliss-reactive ketones (excluding diaryl/α,β-unsaturated/α-hetero) is 1. The van der Waals surface area contributed by atoms with Gasteiger partial charge in [0.25, 0.3) is 0 Å². The molecule has 1 aliphatic carbocycles. The highest BCUT2D eigenvalue weighted by molar-refractivity contribution is 6.09. The highest BCUT2D eigenvalue weighted by Gasteiger charge is 2.40. The van der Waals surface area contributed by atoms with Gasteiger partial charge in [0.15, 0.2) is 5.78 Å². The maximum Gasteiger partial charge on any atom is 0.232 e. The van der Waals surface area contributed by atoms with Crippen LogP contribution < -0.4 is 15.4 Å². The van der Waals surface area contributed by atoms with Crippen molar-refractivity contribution in [1.29, 1.82) is 0 Å². The fourth-order valence-corrected chi connectivity index (χ4v) is 4.05. The zero-order valence-corrected chi connectivity index (χ0v) is 16.1. The lowest BCUT2D eigenvalue weighted by Gasteiger charge is -2.33. The van der Waals surface area contributed by atoms with Gasteiger partial charge in [-0.25, -0.2) is 0 Å². The number of benzene rings is 2. The summed E-state index contributed by atoms with van der Waals surface area (Å²) in [6.07, 6.45) is 0.820. The normalized spacial score (nSPS) is 21.3. The first-order valence-electron chi connectivity index (χ1n) is 9.61. The van der Waals surface area contributed by atoms with Gasteiger partial charge in [-0.2, -0.15) is 0 Å². The number of anilines is 1. The van der Waals surface area contributed by atoms with E-state index in [2.05, 4.69) is 10.6 Å². The number of ketones is 1. The van der Waals surface area contributed by atoms with E-state index in [9.17, 15) is 14.4 Å². The summed E-state index contributed by atoms with van der Waals surface area (Å²) in [5.74, 6) is -0.693. The van der Waals surface area contributed by atoms with Gasteiger partial charge in [0, 0.05) is 29.8 Å². The van der Waals surface area contributed by atoms with Gasteiger partial charge in [-0.1, -0.05) is 30.3 Å². The zero-order chi connectivity index (χ0) is 20.4. The molecule has 29 heavy (non-hydrogen) atoms. The molecule has 0 saturated heterocycles. The Morgan fingerprint density at radius 2 is 1.72 bits per heavy atom. The molecule has 0 radical (unpaired) electrons. The molecule has 0 bridgehead atoms. The van der Waals surface area contributed by atoms with Crippen LogP contribution in [0.15, 0.2) is 65.9 Å². The summed E-state index contributed by atoms with van der Waals surface area (Å²) in [7, 11) is 1.61. The number of nitrogens with one attached hydrogen (secondary N) is 2. The molecule has 1 heterocycles. The van der Waals surface area contributed by atoms with E-state index in [1.165, 1.54) is 0 Å². The molecule has 1 aliphatic heterocycles. The van der Waals surface area contributed by atoms with E-state index < -0.39 is 5.92 Å². The van der Waals surface area contributed by atoms with E-state index >= 15 is 0 Å². The summed E-state index contributed by atoms with van der Waals surface area (Å²) in [5.41, 5.74) is 2.68. The van der Waals surface area contributed by atoms with E-state index in [0.29, 0.717) is 29.8 Å². The maximum absolute atomic E-state index is 13.0. The fourth-order valence-electron chi connectivity index (χ4n) is 4.05. The van der Waals surface area contributed by atoms with E-state index in [4.69, 9.17) is 4.74 Å². The largest absolute Gasteiger partial charge is 0.497 e. The lowest BCUT2D eigenvalue weighted by Crippen LogP contribution is -2.43. The van der Waals surface area contributed by atoms with Crippen molar-refractivity contribution in [2.75, 3.05) is 12.4 Å². The molecule has 2 aliphatic rings. The zero-order valence-electron chi connectivity index (χ0n) is 16.1. The van der Waals surface area contributed by atoms with Crippen LogP contribution in [0.25, 0.3) is 0 Å². The lowest BCUT2D eigenvalue weighted by atomic mass is 9.75. The number of allylic oxidation sites excluding steroid dienone is 1. The molecule has 6 nitrogen and oxygen atoms in total. The van der Waals surface area contributed by atoms with Gasteiger partial charge in [-0.3, -0.25) is 14.4 Å². The molecule has 0 fully saturated rings. The number of amides is 2. The summed E-state index contributed by atoms with van der Waals surface area (Å²) in [6, 6.07) is 16.6. The fraction of sp³-hybridized carbons (Fsp3) is 0.261. The maximum atomic E-state index is 13.0. The van der Waals surface area contributed by atoms with Gasteiger partial charge < -0.3 is 15.4 Å². The smallest absolute Gasteiger partial charge is 0.232 e. The number of hydrogen-bond donors (Lipinski definition) is 2. The lowest BCUT2D eigenvalue weighted by molar-refractivity contribution is -0.129. The number of ether oxygens (including phenoxy) is 1. The van der Waals surface area contributed by atoms with Gasteiger partial charge in [-0.05, 0) is 42.2 Å². The molecule has 4 rings (SSSR count). The van der Waals surface area contributed by atoms with E-state index in [0.717, 1.165) is 11.3 Å². The van der Waals surface area contributed by atoms with Crippen LogP contribution in [0.5, 0.6) is 5.75 Å². The molecule has 2 amide bonds. The second-order valence-corrected chi connectivity index (χ2v) is 7.35. The van der Waals surface area contributed by atoms with Crippen molar-refractivity contribution in [2.45, 2.75) is 25.2 Å². The van der Waals surface area contributed by atoms with Crippen molar-refractivity contribution in [3.8, 4) is 5.75 Å². The van der Waals surface area contributed by atoms with Crippen molar-refractivity contribution in [2.24, 2.45) is 5.92 Å². The highest BCUT2D eigenvalue weighted by Crippen LogP contribution is 2.39. The van der Waals surface area contributed by atoms with Crippen molar-refractivity contribution < 1.29 is 19.1 Å². The number of hydrogen-bond acceptors (Lipinski definition) is 4. The SMILES string of the molecule is COc1ccc([C@H]2CC(=O)C3=C(C2)NC(=O)C[C@@H]3C(=O)Nc2ccccc2)cc1. The van der Waals surface area contributed by atoms with Gasteiger partial charge in [0.05, 0.1) is 13.0 Å². The monoisotopic (exact) mass is 390 g/mol. The molecule has 0 saturated carbocycles. The van der Waals surface area contributed by atoms with Crippen LogP contribution in [-0.2, 0) is 14.4 Å². The van der Waals surface area contributed by atoms with Gasteiger partial charge in [0.2, 0.25) is 11.8 Å². The predicted molar refractivity (Wildman–Crippen MR) is 108 cm³/mol. The molecule has 2 atom stereocenters. The second kappa shape index (κ2) is 7.91. The third-order valence-corrected chi connectivity index (χ3v) is 5.48. The third kappa shape index (κ3) is 3.92. The minimum absolute atomic E-state index is 0.0174. The molecule has 148 valence electrons. The van der Waals surface area contributed by atoms with Gasteiger partial charge >= 0.3 is 0 Å². The quantitative estimate of drug-likeness (QED) is 0.840. The Hall–Kier alpha value is -3.41. The Labute approximate surface area is 168 Å². The Morgan fingerprint density at radius 1 is 1.00 bits per heavy atom. The van der Waals surface area contributed by atoms with Crippen LogP contribution in [0.2, 0.25) is 0 Å². The van der Waals surface area contributed by atoms with Gasteiger partial charge in [-0.15, -0.1) is 0 Å². The highest BCUT2D eigenvalue weighted by atomic mass is 16.5. The summed E-state index contributed by atoms with van der Waals surface area (Å²) >= 11 is 0. The number of para-hydroxylation sites is 1. The van der Waals surface area contributed by atoms with Crippen LogP contribution in [0, 0.1) is 5.92 Å². The Balaban J connectivity index is 1.59. The first kappa shape index (κ1) is 18.9. The average molecular weight is 390 g/mol. The molecular weight excluding hydrogens is 368 g/mol. The van der Waals surface area contributed by atoms with Crippen molar-refractivity contribution in [3.63, 3.8) is 0 Å². The minimum Gasteiger partial charge on any atom is -0.497 e. The van der Waals surface area contributed by atoms with Crippen LogP contribution >= 0.6 is 0 Å². The average Bonchev–Trinajstić information content (AvgIpc) is 2.73. The molecule has 2 N–H and O–H groups in total. The number of carbonyl (C=O) groups excluding carboxylic acids is 3. The number of rotatable bonds is 4. The molecule has 0 aromatic heterocycles. The van der Waals surface area contributed by atoms with E-state index in [-0.39, 0.29) is 29.9 Å². The van der Waals surface area contributed by atoms with Gasteiger partial charge in [0.1, 0.15) is 5.75 Å². The third-order valence-electron chi connectivity index (χ3n) is 5.48. The van der Waals surface area contributed by atoms with Crippen molar-refractivity contribution in [3.05, 3.63) is 71.4 Å². The summed E-state index contributed by atoms with van der Waals surface area (Å²) in [4.78, 5) is 38.1. The van der Waals surface area contributed by atoms with Crippen LogP contribution in [-0.4, -0.2) is 24.7 Å². The van der Waals surface area contributed by atoms with Crippen molar-refractivity contribution in [1.82, 2.24) is 5.32 Å². The molecular formula is C23H22N2O4. The molecule has 6 heteroatoms. The van der Waals surface area contributed by atoms with Crippen LogP contribution in [0.1, 0.15) is 30.7 Å². The summed E-state index contributed by atoms with van der Waals surface area (Å²) in [6.45, 7) is 0. The van der Waals surface area contributed by atoms with Crippen LogP contribution in [0.4, 0.5) is 5.69 Å². The molecule has 2 aromatic rings. The summed E-state index contributed by atoms with van der Waals surface area (Å²) < 4.78 is 5.19. The molecule has 2 aromatic carbocycles. The van der Waals surface area contributed by atoms with E-state index in [1.807, 2.05) is 42.5 Å². The second-order valence-electron chi connectivity index (χ2n) is 7.35. The van der Waals surface area contributed by atoms with Crippen LogP contribution in [0.3, 0.4) is 0 Å². The Morgan fingerprint density at radius 3 is 2.41 bits per heavy atom. The topological polar surface area (TPSA) is 84.5 Å². The Bertz CT molecular complexity index is 980. The van der Waals surface area contributed by atoms with Crippen molar-refractivity contribution >= 4 is 23.3 Å². The van der Waals surface area contributed by atoms with E-state index in [1.54, 1.807) is 19.2 Å². The first-order chi connectivity index (χ1) is 14.0. The Kier molecular flexibility index (Phi) is 5.16.